The SMILES string of the molecule is CC(C)CN(CCC#N)c1cncc2nnnn12. The molecule has 0 aromatic carbocycles. The number of fused-ring (bicyclic) bond motifs is 1. The van der Waals surface area contributed by atoms with Gasteiger partial charge in [-0.05, 0) is 16.3 Å². The van der Waals surface area contributed by atoms with Gasteiger partial charge in [0.1, 0.15) is 0 Å². The predicted molar refractivity (Wildman–Crippen MR) is 65.9 cm³/mol. The number of nitrogens with zero attached hydrogens (tertiary/aromatic N) is 7. The first kappa shape index (κ1) is 12.2. The molecule has 0 bridgehead atoms. The summed E-state index contributed by atoms with van der Waals surface area (Å²) in [6.07, 6.45) is 3.80. The zero-order valence-electron chi connectivity index (χ0n) is 10.5. The average molecular weight is 245 g/mol. The molecule has 7 heteroatoms. The van der Waals surface area contributed by atoms with Crippen molar-refractivity contribution >= 4 is 11.5 Å². The molecule has 2 aromatic heterocycles. The molecule has 2 rings (SSSR count). The Hall–Kier alpha value is -2.23. The maximum Gasteiger partial charge on any atom is 0.199 e. The minimum absolute atomic E-state index is 0.464. The third-order valence-corrected chi connectivity index (χ3v) is 2.49. The Morgan fingerprint density at radius 3 is 3.00 bits per heavy atom. The number of aromatic nitrogens is 5. The summed E-state index contributed by atoms with van der Waals surface area (Å²) >= 11 is 0. The van der Waals surface area contributed by atoms with E-state index in [1.165, 1.54) is 0 Å². The van der Waals surface area contributed by atoms with Gasteiger partial charge in [0, 0.05) is 13.1 Å². The molecule has 2 aromatic rings. The molecule has 2 heterocycles. The van der Waals surface area contributed by atoms with E-state index >= 15 is 0 Å². The minimum Gasteiger partial charge on any atom is -0.354 e. The molecule has 0 aliphatic carbocycles. The molecule has 0 saturated heterocycles. The van der Waals surface area contributed by atoms with Crippen LogP contribution in [0.15, 0.2) is 12.4 Å². The van der Waals surface area contributed by atoms with Crippen molar-refractivity contribution in [2.75, 3.05) is 18.0 Å². The van der Waals surface area contributed by atoms with Crippen LogP contribution in [0.5, 0.6) is 0 Å². The van der Waals surface area contributed by atoms with Gasteiger partial charge in [0.25, 0.3) is 0 Å². The molecule has 0 aliphatic rings. The number of tetrazole rings is 1. The maximum absolute atomic E-state index is 8.73. The minimum atomic E-state index is 0.464. The number of hydrogen-bond acceptors (Lipinski definition) is 6. The van der Waals surface area contributed by atoms with Crippen LogP contribution in [0.4, 0.5) is 5.82 Å². The van der Waals surface area contributed by atoms with Crippen LogP contribution in [0.2, 0.25) is 0 Å². The normalized spacial score (nSPS) is 10.8. The summed E-state index contributed by atoms with van der Waals surface area (Å²) in [7, 11) is 0. The zero-order valence-corrected chi connectivity index (χ0v) is 10.5. The van der Waals surface area contributed by atoms with Gasteiger partial charge in [-0.15, -0.1) is 5.10 Å². The van der Waals surface area contributed by atoms with Crippen LogP contribution in [0.1, 0.15) is 20.3 Å². The Kier molecular flexibility index (Phi) is 3.67. The van der Waals surface area contributed by atoms with Crippen LogP contribution < -0.4 is 4.90 Å². The van der Waals surface area contributed by atoms with E-state index in [-0.39, 0.29) is 0 Å². The van der Waals surface area contributed by atoms with Gasteiger partial charge in [-0.1, -0.05) is 13.8 Å². The second-order valence-corrected chi connectivity index (χ2v) is 4.46. The van der Waals surface area contributed by atoms with E-state index in [2.05, 4.69) is 45.3 Å². The molecule has 0 spiro atoms. The fourth-order valence-electron chi connectivity index (χ4n) is 1.80. The average Bonchev–Trinajstić information content (AvgIpc) is 2.82. The quantitative estimate of drug-likeness (QED) is 0.778. The molecule has 0 fully saturated rings. The Bertz CT molecular complexity index is 554. The van der Waals surface area contributed by atoms with Gasteiger partial charge >= 0.3 is 0 Å². The van der Waals surface area contributed by atoms with Crippen molar-refractivity contribution in [1.82, 2.24) is 25.0 Å². The van der Waals surface area contributed by atoms with E-state index in [9.17, 15) is 0 Å². The van der Waals surface area contributed by atoms with Crippen molar-refractivity contribution in [2.45, 2.75) is 20.3 Å². The standard InChI is InChI=1S/C11H15N7/c1-9(2)8-17(5-3-4-12)11-7-13-6-10-14-15-16-18(10)11/h6-7,9H,3,5,8H2,1-2H3. The van der Waals surface area contributed by atoms with E-state index in [1.807, 2.05) is 0 Å². The van der Waals surface area contributed by atoms with Crippen molar-refractivity contribution in [3.63, 3.8) is 0 Å². The van der Waals surface area contributed by atoms with Crippen molar-refractivity contribution in [2.24, 2.45) is 5.92 Å². The van der Waals surface area contributed by atoms with E-state index in [1.54, 1.807) is 16.9 Å². The highest BCUT2D eigenvalue weighted by molar-refractivity contribution is 5.46. The predicted octanol–water partition coefficient (Wildman–Crippen LogP) is 0.895. The highest BCUT2D eigenvalue weighted by atomic mass is 15.5. The summed E-state index contributed by atoms with van der Waals surface area (Å²) in [6.45, 7) is 5.75. The lowest BCUT2D eigenvalue weighted by Crippen LogP contribution is -2.30. The van der Waals surface area contributed by atoms with Crippen molar-refractivity contribution < 1.29 is 0 Å². The van der Waals surface area contributed by atoms with Crippen molar-refractivity contribution in [3.8, 4) is 6.07 Å². The van der Waals surface area contributed by atoms with E-state index in [0.29, 0.717) is 24.5 Å². The third-order valence-electron chi connectivity index (χ3n) is 2.49. The lowest BCUT2D eigenvalue weighted by Gasteiger charge is -2.25. The molecule has 0 saturated carbocycles. The molecular weight excluding hydrogens is 230 g/mol. The fourth-order valence-corrected chi connectivity index (χ4v) is 1.80. The molecule has 18 heavy (non-hydrogen) atoms. The molecule has 0 unspecified atom stereocenters. The van der Waals surface area contributed by atoms with Crippen LogP contribution in [0.3, 0.4) is 0 Å². The first-order valence-corrected chi connectivity index (χ1v) is 5.86. The maximum atomic E-state index is 8.73. The Morgan fingerprint density at radius 2 is 2.28 bits per heavy atom. The lowest BCUT2D eigenvalue weighted by molar-refractivity contribution is 0.600. The fraction of sp³-hybridized carbons (Fsp3) is 0.545. The van der Waals surface area contributed by atoms with Crippen LogP contribution in [0.25, 0.3) is 5.65 Å². The van der Waals surface area contributed by atoms with Gasteiger partial charge in [0.05, 0.1) is 24.9 Å². The van der Waals surface area contributed by atoms with Crippen molar-refractivity contribution in [1.29, 1.82) is 5.26 Å². The van der Waals surface area contributed by atoms with Gasteiger partial charge in [0.2, 0.25) is 0 Å². The van der Waals surface area contributed by atoms with Gasteiger partial charge in [-0.3, -0.25) is 4.98 Å². The van der Waals surface area contributed by atoms with Crippen molar-refractivity contribution in [3.05, 3.63) is 12.4 Å². The second kappa shape index (κ2) is 5.40. The van der Waals surface area contributed by atoms with E-state index in [0.717, 1.165) is 12.4 Å². The summed E-state index contributed by atoms with van der Waals surface area (Å²) in [4.78, 5) is 6.22. The highest BCUT2D eigenvalue weighted by Gasteiger charge is 2.13. The monoisotopic (exact) mass is 245 g/mol. The summed E-state index contributed by atoms with van der Waals surface area (Å²) in [5.41, 5.74) is 0.609. The van der Waals surface area contributed by atoms with E-state index < -0.39 is 0 Å². The Labute approximate surface area is 105 Å². The number of anilines is 1. The topological polar surface area (TPSA) is 83.0 Å². The third kappa shape index (κ3) is 2.53. The largest absolute Gasteiger partial charge is 0.354 e. The molecule has 0 aliphatic heterocycles. The van der Waals surface area contributed by atoms with Gasteiger partial charge in [0.15, 0.2) is 11.5 Å². The summed E-state index contributed by atoms with van der Waals surface area (Å²) in [5, 5.41) is 20.2. The summed E-state index contributed by atoms with van der Waals surface area (Å²) in [6, 6.07) is 2.16. The van der Waals surface area contributed by atoms with Crippen LogP contribution in [-0.2, 0) is 0 Å². The molecule has 0 N–H and O–H groups in total. The Morgan fingerprint density at radius 1 is 1.44 bits per heavy atom. The second-order valence-electron chi connectivity index (χ2n) is 4.46. The number of nitriles is 1. The number of hydrogen-bond donors (Lipinski definition) is 0. The van der Waals surface area contributed by atoms with Gasteiger partial charge in [-0.25, -0.2) is 0 Å². The Balaban J connectivity index is 2.34. The first-order chi connectivity index (χ1) is 8.72. The van der Waals surface area contributed by atoms with Gasteiger partial charge in [-0.2, -0.15) is 9.78 Å². The molecule has 0 atom stereocenters. The van der Waals surface area contributed by atoms with Gasteiger partial charge < -0.3 is 4.90 Å². The van der Waals surface area contributed by atoms with Crippen LogP contribution in [0, 0.1) is 17.2 Å². The smallest absolute Gasteiger partial charge is 0.199 e. The highest BCUT2D eigenvalue weighted by Crippen LogP contribution is 2.15. The first-order valence-electron chi connectivity index (χ1n) is 5.86. The molecular formula is C11H15N7. The molecule has 0 radical (unpaired) electrons. The van der Waals surface area contributed by atoms with Crippen LogP contribution in [-0.4, -0.2) is 38.1 Å². The lowest BCUT2D eigenvalue weighted by atomic mass is 10.2. The summed E-state index contributed by atoms with van der Waals surface area (Å²) < 4.78 is 1.65. The molecule has 7 nitrogen and oxygen atoms in total. The van der Waals surface area contributed by atoms with E-state index in [4.69, 9.17) is 5.26 Å². The summed E-state index contributed by atoms with van der Waals surface area (Å²) in [5.74, 6) is 1.30. The molecule has 94 valence electrons. The zero-order chi connectivity index (χ0) is 13.0. The van der Waals surface area contributed by atoms with Crippen LogP contribution >= 0.6 is 0 Å². The molecule has 0 amide bonds. The number of rotatable bonds is 5.